The number of aliphatic hydroxyl groups excluding tert-OH is 2. The van der Waals surface area contributed by atoms with Crippen LogP contribution in [0.2, 0.25) is 0 Å². The molecule has 0 amide bonds. The molecule has 0 aromatic carbocycles. The van der Waals surface area contributed by atoms with Crippen molar-refractivity contribution >= 4 is 23.9 Å². The summed E-state index contributed by atoms with van der Waals surface area (Å²) in [5.74, 6) is -3.21. The van der Waals surface area contributed by atoms with Crippen LogP contribution in [0.5, 0.6) is 0 Å². The van der Waals surface area contributed by atoms with Gasteiger partial charge in [-0.1, -0.05) is 261 Å². The number of carboxylic acid groups (broad SMARTS) is 1. The van der Waals surface area contributed by atoms with Gasteiger partial charge in [0.25, 0.3) is 0 Å². The van der Waals surface area contributed by atoms with E-state index in [0.29, 0.717) is 25.7 Å². The van der Waals surface area contributed by atoms with Crippen LogP contribution < -0.4 is 0 Å². The first kappa shape index (κ1) is 73.4. The second-order valence-electron chi connectivity index (χ2n) is 22.0. The third-order valence-corrected chi connectivity index (χ3v) is 14.6. The minimum atomic E-state index is -1.91. The van der Waals surface area contributed by atoms with E-state index in [1.165, 1.54) is 154 Å². The van der Waals surface area contributed by atoms with Gasteiger partial charge in [-0.15, -0.1) is 0 Å². The average molecular weight is 1110 g/mol. The Morgan fingerprint density at radius 2 is 0.823 bits per heavy atom. The Kier molecular flexibility index (Phi) is 51.1. The summed E-state index contributed by atoms with van der Waals surface area (Å²) < 4.78 is 28.4. The molecule has 1 aliphatic heterocycles. The van der Waals surface area contributed by atoms with Gasteiger partial charge in [0.05, 0.1) is 6.61 Å². The molecule has 0 radical (unpaired) electrons. The Hall–Kier alpha value is -3.58. The Morgan fingerprint density at radius 3 is 1.27 bits per heavy atom. The third-order valence-electron chi connectivity index (χ3n) is 14.6. The van der Waals surface area contributed by atoms with Crippen LogP contribution in [0.15, 0.2) is 60.8 Å². The number of ether oxygens (including phenoxy) is 5. The third kappa shape index (κ3) is 44.7. The fourth-order valence-electron chi connectivity index (χ4n) is 9.67. The summed E-state index contributed by atoms with van der Waals surface area (Å²) in [4.78, 5) is 51.2. The van der Waals surface area contributed by atoms with Gasteiger partial charge in [0.15, 0.2) is 24.6 Å². The van der Waals surface area contributed by atoms with Crippen molar-refractivity contribution < 1.29 is 58.2 Å². The number of allylic oxidation sites excluding steroid dienone is 10. The number of rotatable bonds is 55. The fourth-order valence-corrected chi connectivity index (χ4v) is 9.67. The molecule has 12 heteroatoms. The van der Waals surface area contributed by atoms with Gasteiger partial charge < -0.3 is 39.0 Å². The second-order valence-corrected chi connectivity index (χ2v) is 22.0. The molecule has 1 fully saturated rings. The number of aliphatic hydroxyl groups is 2. The smallest absolute Gasteiger partial charge is 0.335 e. The molecule has 6 atom stereocenters. The van der Waals surface area contributed by atoms with Crippen molar-refractivity contribution in [3.05, 3.63) is 60.8 Å². The molecule has 6 unspecified atom stereocenters. The summed E-state index contributed by atoms with van der Waals surface area (Å²) in [6.07, 6.45) is 56.3. The summed E-state index contributed by atoms with van der Waals surface area (Å²) in [6, 6.07) is 0. The molecule has 0 bridgehead atoms. The number of carbonyl (C=O) groups is 4. The standard InChI is InChI=1S/C67H116O12/c1-4-7-10-13-16-19-22-25-27-29-30-32-34-37-40-43-46-49-52-55-61(70)78-65-63(72)62(71)64(66(73)74)79-67(65)76-57-58(77-60(69)54-51-48-45-42-39-35-24-21-18-15-12-9-6-3)56-75-59(68)53-50-47-44-41-38-36-33-31-28-26-23-20-17-14-11-8-5-2/h9,12,18,21,25,27,35,39,45,48,58,62-65,67,71-72H,4-8,10-11,13-17,19-20,22-24,26,28-34,36-38,40-44,46-47,49-57H2,1-3H3,(H,73,74)/b12-9-,21-18-,27-25-,39-35-,48-45-. The zero-order chi connectivity index (χ0) is 57.5. The fraction of sp³-hybridized carbons (Fsp3) is 0.791. The van der Waals surface area contributed by atoms with Crippen molar-refractivity contribution in [3.8, 4) is 0 Å². The van der Waals surface area contributed by atoms with Crippen LogP contribution in [0.1, 0.15) is 290 Å². The molecule has 79 heavy (non-hydrogen) atoms. The molecule has 1 saturated heterocycles. The van der Waals surface area contributed by atoms with E-state index in [0.717, 1.165) is 70.6 Å². The largest absolute Gasteiger partial charge is 0.479 e. The topological polar surface area (TPSA) is 175 Å². The number of carbonyl (C=O) groups excluding carboxylic acids is 3. The lowest BCUT2D eigenvalue weighted by Crippen LogP contribution is -2.61. The molecule has 0 aromatic rings. The highest BCUT2D eigenvalue weighted by molar-refractivity contribution is 5.74. The Morgan fingerprint density at radius 1 is 0.430 bits per heavy atom. The summed E-state index contributed by atoms with van der Waals surface area (Å²) >= 11 is 0. The Labute approximate surface area is 481 Å². The molecular weight excluding hydrogens is 997 g/mol. The Bertz CT molecular complexity index is 1600. The van der Waals surface area contributed by atoms with Crippen LogP contribution in [0.25, 0.3) is 0 Å². The monoisotopic (exact) mass is 1110 g/mol. The zero-order valence-electron chi connectivity index (χ0n) is 50.4. The number of hydrogen-bond donors (Lipinski definition) is 3. The van der Waals surface area contributed by atoms with Gasteiger partial charge in [-0.25, -0.2) is 4.79 Å². The first-order valence-electron chi connectivity index (χ1n) is 32.3. The molecule has 0 aliphatic carbocycles. The lowest BCUT2D eigenvalue weighted by atomic mass is 9.98. The van der Waals surface area contributed by atoms with Crippen molar-refractivity contribution in [1.82, 2.24) is 0 Å². The maximum absolute atomic E-state index is 13.1. The van der Waals surface area contributed by atoms with Crippen LogP contribution in [-0.4, -0.2) is 89.2 Å². The van der Waals surface area contributed by atoms with Gasteiger partial charge in [-0.05, 0) is 70.6 Å². The molecule has 0 spiro atoms. The summed E-state index contributed by atoms with van der Waals surface area (Å²) in [5.41, 5.74) is 0. The maximum Gasteiger partial charge on any atom is 0.335 e. The van der Waals surface area contributed by atoms with E-state index in [1.54, 1.807) is 0 Å². The lowest BCUT2D eigenvalue weighted by Gasteiger charge is -2.40. The molecule has 456 valence electrons. The first-order chi connectivity index (χ1) is 38.6. The molecule has 12 nitrogen and oxygen atoms in total. The van der Waals surface area contributed by atoms with E-state index < -0.39 is 67.3 Å². The average Bonchev–Trinajstić information content (AvgIpc) is 3.43. The predicted molar refractivity (Wildman–Crippen MR) is 322 cm³/mol. The van der Waals surface area contributed by atoms with Crippen LogP contribution in [0.3, 0.4) is 0 Å². The number of hydrogen-bond acceptors (Lipinski definition) is 11. The maximum atomic E-state index is 13.1. The van der Waals surface area contributed by atoms with Crippen molar-refractivity contribution in [2.75, 3.05) is 13.2 Å². The minimum Gasteiger partial charge on any atom is -0.479 e. The number of carboxylic acids is 1. The predicted octanol–water partition coefficient (Wildman–Crippen LogP) is 17.1. The highest BCUT2D eigenvalue weighted by Crippen LogP contribution is 2.27. The van der Waals surface area contributed by atoms with Crippen molar-refractivity contribution in [2.24, 2.45) is 0 Å². The number of aliphatic carboxylic acids is 1. The van der Waals surface area contributed by atoms with Gasteiger partial charge in [-0.3, -0.25) is 14.4 Å². The van der Waals surface area contributed by atoms with Crippen molar-refractivity contribution in [2.45, 2.75) is 327 Å². The van der Waals surface area contributed by atoms with E-state index >= 15 is 0 Å². The highest BCUT2D eigenvalue weighted by Gasteiger charge is 2.50. The van der Waals surface area contributed by atoms with Crippen LogP contribution >= 0.6 is 0 Å². The van der Waals surface area contributed by atoms with E-state index in [1.807, 2.05) is 12.2 Å². The molecule has 1 heterocycles. The van der Waals surface area contributed by atoms with E-state index in [9.17, 15) is 34.5 Å². The van der Waals surface area contributed by atoms with E-state index in [4.69, 9.17) is 23.7 Å². The van der Waals surface area contributed by atoms with Gasteiger partial charge in [-0.2, -0.15) is 0 Å². The highest BCUT2D eigenvalue weighted by atomic mass is 16.7. The van der Waals surface area contributed by atoms with Crippen LogP contribution in [0, 0.1) is 0 Å². The SMILES string of the molecule is CC/C=C\C/C=C\C/C=C\C/C=C\CCC(=O)OC(COC(=O)CCCCCCCCCCCCCCCCCCC)COC1OC(C(=O)O)C(O)C(O)C1OC(=O)CCCCCCCCCCC/C=C\CCCCCCCC. The molecule has 3 N–H and O–H groups in total. The van der Waals surface area contributed by atoms with Crippen LogP contribution in [-0.2, 0) is 42.9 Å². The normalized spacial score (nSPS) is 18.2. The number of unbranched alkanes of at least 4 members (excludes halogenated alkanes) is 31. The molecule has 1 aliphatic rings. The number of esters is 3. The van der Waals surface area contributed by atoms with E-state index in [2.05, 4.69) is 69.4 Å². The van der Waals surface area contributed by atoms with Crippen molar-refractivity contribution in [1.29, 1.82) is 0 Å². The molecule has 0 saturated carbocycles. The van der Waals surface area contributed by atoms with Gasteiger partial charge in [0, 0.05) is 19.3 Å². The first-order valence-corrected chi connectivity index (χ1v) is 32.3. The van der Waals surface area contributed by atoms with Crippen LogP contribution in [0.4, 0.5) is 0 Å². The minimum absolute atomic E-state index is 0.0432. The summed E-state index contributed by atoms with van der Waals surface area (Å²) in [6.45, 7) is 5.85. The van der Waals surface area contributed by atoms with Gasteiger partial charge in [0.2, 0.25) is 0 Å². The molecule has 1 rings (SSSR count). The lowest BCUT2D eigenvalue weighted by molar-refractivity contribution is -0.301. The Balaban J connectivity index is 2.65. The zero-order valence-corrected chi connectivity index (χ0v) is 50.4. The van der Waals surface area contributed by atoms with Crippen molar-refractivity contribution in [3.63, 3.8) is 0 Å². The molecule has 0 aromatic heterocycles. The summed E-state index contributed by atoms with van der Waals surface area (Å²) in [7, 11) is 0. The molecular formula is C67H116O12. The van der Waals surface area contributed by atoms with Gasteiger partial charge >= 0.3 is 23.9 Å². The quantitative estimate of drug-likeness (QED) is 0.0228. The van der Waals surface area contributed by atoms with Gasteiger partial charge in [0.1, 0.15) is 18.8 Å². The van der Waals surface area contributed by atoms with E-state index in [-0.39, 0.29) is 25.9 Å². The summed E-state index contributed by atoms with van der Waals surface area (Å²) in [5, 5.41) is 31.6. The second kappa shape index (κ2) is 55.0.